The Balaban J connectivity index is 2.57. The number of nitrogens with zero attached hydrogens (tertiary/aromatic N) is 2. The normalized spacial score (nSPS) is 21.8. The number of carbonyl (C=O) groups is 1. The molecule has 4 nitrogen and oxygen atoms in total. The fraction of sp³-hybridized carbons (Fsp3) is 0.889. The van der Waals surface area contributed by atoms with Gasteiger partial charge in [0.2, 0.25) is 5.91 Å². The van der Waals surface area contributed by atoms with Crippen LogP contribution in [0, 0.1) is 5.92 Å². The van der Waals surface area contributed by atoms with Crippen LogP contribution in [0.3, 0.4) is 0 Å². The third-order valence-corrected chi connectivity index (χ3v) is 2.41. The molecule has 1 heterocycles. The van der Waals surface area contributed by atoms with Gasteiger partial charge in [-0.15, -0.1) is 0 Å². The van der Waals surface area contributed by atoms with Crippen LogP contribution in [-0.4, -0.2) is 43.0 Å². The van der Waals surface area contributed by atoms with Gasteiger partial charge in [0, 0.05) is 26.2 Å². The molecule has 0 aliphatic carbocycles. The highest BCUT2D eigenvalue weighted by Crippen LogP contribution is 2.11. The van der Waals surface area contributed by atoms with E-state index in [-0.39, 0.29) is 17.9 Å². The van der Waals surface area contributed by atoms with Gasteiger partial charge in [0.05, 0.1) is 6.04 Å². The molecule has 75 valence electrons. The first kappa shape index (κ1) is 10.5. The summed E-state index contributed by atoms with van der Waals surface area (Å²) in [5, 5.41) is 4.23. The minimum atomic E-state index is -0.211. The van der Waals surface area contributed by atoms with Crippen LogP contribution in [-0.2, 0) is 4.79 Å². The molecule has 1 saturated heterocycles. The van der Waals surface area contributed by atoms with Crippen LogP contribution < -0.4 is 11.1 Å². The number of rotatable bonds is 3. The van der Waals surface area contributed by atoms with Gasteiger partial charge in [0.15, 0.2) is 0 Å². The monoisotopic (exact) mass is 184 g/mol. The van der Waals surface area contributed by atoms with Crippen molar-refractivity contribution < 1.29 is 4.79 Å². The van der Waals surface area contributed by atoms with E-state index in [1.54, 1.807) is 0 Å². The zero-order chi connectivity index (χ0) is 9.84. The lowest BCUT2D eigenvalue weighted by molar-refractivity contribution is -0.125. The predicted molar refractivity (Wildman–Crippen MR) is 51.3 cm³/mol. The van der Waals surface area contributed by atoms with Gasteiger partial charge in [0.1, 0.15) is 0 Å². The summed E-state index contributed by atoms with van der Waals surface area (Å²) < 4.78 is 0. The Morgan fingerprint density at radius 1 is 1.38 bits per heavy atom. The largest absolute Gasteiger partial charge is 0.368 e. The van der Waals surface area contributed by atoms with Crippen molar-refractivity contribution in [1.82, 2.24) is 10.2 Å². The molecular formula is C9H18N3O. The fourth-order valence-electron chi connectivity index (χ4n) is 1.83. The zero-order valence-electron chi connectivity index (χ0n) is 8.36. The molecule has 1 amide bonds. The average Bonchev–Trinajstić information content (AvgIpc) is 2.04. The highest BCUT2D eigenvalue weighted by Gasteiger charge is 2.27. The summed E-state index contributed by atoms with van der Waals surface area (Å²) in [6.07, 6.45) is 0. The van der Waals surface area contributed by atoms with Crippen LogP contribution in [0.1, 0.15) is 13.8 Å². The molecular weight excluding hydrogens is 166 g/mol. The number of amides is 1. The molecule has 1 fully saturated rings. The van der Waals surface area contributed by atoms with Crippen LogP contribution in [0.4, 0.5) is 0 Å². The van der Waals surface area contributed by atoms with E-state index in [1.165, 1.54) is 0 Å². The fourth-order valence-corrected chi connectivity index (χ4v) is 1.83. The van der Waals surface area contributed by atoms with Crippen molar-refractivity contribution in [3.63, 3.8) is 0 Å². The molecule has 1 radical (unpaired) electrons. The summed E-state index contributed by atoms with van der Waals surface area (Å²) in [5.74, 6) is 0.0764. The molecule has 0 bridgehead atoms. The first-order chi connectivity index (χ1) is 6.13. The maximum absolute atomic E-state index is 11.2. The molecule has 0 aromatic rings. The minimum Gasteiger partial charge on any atom is -0.368 e. The van der Waals surface area contributed by atoms with E-state index in [0.717, 1.165) is 26.2 Å². The summed E-state index contributed by atoms with van der Waals surface area (Å²) in [7, 11) is 0. The summed E-state index contributed by atoms with van der Waals surface area (Å²) in [6.45, 7) is 7.45. The van der Waals surface area contributed by atoms with Crippen molar-refractivity contribution in [1.29, 1.82) is 0 Å². The van der Waals surface area contributed by atoms with Crippen molar-refractivity contribution in [2.75, 3.05) is 26.2 Å². The molecule has 1 aliphatic rings. The topological polar surface area (TPSA) is 60.4 Å². The van der Waals surface area contributed by atoms with Gasteiger partial charge in [-0.1, -0.05) is 13.8 Å². The molecule has 0 saturated carbocycles. The molecule has 1 unspecified atom stereocenters. The van der Waals surface area contributed by atoms with E-state index in [2.05, 4.69) is 10.2 Å². The Kier molecular flexibility index (Phi) is 3.69. The van der Waals surface area contributed by atoms with Gasteiger partial charge in [-0.25, -0.2) is 5.32 Å². The van der Waals surface area contributed by atoms with Gasteiger partial charge in [-0.3, -0.25) is 9.69 Å². The number of primary amides is 1. The third-order valence-electron chi connectivity index (χ3n) is 2.41. The number of carbonyl (C=O) groups excluding carboxylic acids is 1. The quantitative estimate of drug-likeness (QED) is 0.637. The second kappa shape index (κ2) is 4.58. The van der Waals surface area contributed by atoms with E-state index in [1.807, 2.05) is 13.8 Å². The maximum Gasteiger partial charge on any atom is 0.235 e. The van der Waals surface area contributed by atoms with Gasteiger partial charge in [-0.05, 0) is 5.92 Å². The molecule has 2 N–H and O–H groups in total. The Morgan fingerprint density at radius 2 is 1.92 bits per heavy atom. The molecule has 1 atom stereocenters. The van der Waals surface area contributed by atoms with E-state index in [0.29, 0.717) is 0 Å². The van der Waals surface area contributed by atoms with Crippen LogP contribution >= 0.6 is 0 Å². The van der Waals surface area contributed by atoms with Crippen LogP contribution in [0.2, 0.25) is 0 Å². The Hall–Kier alpha value is -0.610. The molecule has 1 aliphatic heterocycles. The van der Waals surface area contributed by atoms with Gasteiger partial charge >= 0.3 is 0 Å². The standard InChI is InChI=1S/C9H18N3O/c1-7(2)8(9(10)13)12-5-3-11-4-6-12/h7-8H,3-6H2,1-2H3,(H2,10,13). The Labute approximate surface area is 79.5 Å². The Morgan fingerprint density at radius 3 is 2.31 bits per heavy atom. The van der Waals surface area contributed by atoms with E-state index in [4.69, 9.17) is 5.73 Å². The smallest absolute Gasteiger partial charge is 0.235 e. The average molecular weight is 184 g/mol. The molecule has 4 heteroatoms. The predicted octanol–water partition coefficient (Wildman–Crippen LogP) is -0.584. The van der Waals surface area contributed by atoms with E-state index >= 15 is 0 Å². The highest BCUT2D eigenvalue weighted by atomic mass is 16.1. The van der Waals surface area contributed by atoms with Crippen LogP contribution in [0.25, 0.3) is 0 Å². The van der Waals surface area contributed by atoms with Crippen molar-refractivity contribution in [3.8, 4) is 0 Å². The van der Waals surface area contributed by atoms with Crippen molar-refractivity contribution in [2.45, 2.75) is 19.9 Å². The number of hydrogen-bond donors (Lipinski definition) is 1. The summed E-state index contributed by atoms with van der Waals surface area (Å²) in [4.78, 5) is 13.3. The molecule has 0 aromatic heterocycles. The van der Waals surface area contributed by atoms with Gasteiger partial charge in [0.25, 0.3) is 0 Å². The summed E-state index contributed by atoms with van der Waals surface area (Å²) >= 11 is 0. The zero-order valence-corrected chi connectivity index (χ0v) is 8.36. The Bertz CT molecular complexity index is 176. The number of piperazine rings is 1. The minimum absolute atomic E-state index is 0.115. The van der Waals surface area contributed by atoms with Crippen molar-refractivity contribution in [3.05, 3.63) is 0 Å². The second-order valence-corrected chi connectivity index (χ2v) is 3.80. The summed E-state index contributed by atoms with van der Waals surface area (Å²) in [5.41, 5.74) is 5.36. The maximum atomic E-state index is 11.2. The second-order valence-electron chi connectivity index (χ2n) is 3.80. The molecule has 0 spiro atoms. The van der Waals surface area contributed by atoms with Crippen molar-refractivity contribution in [2.24, 2.45) is 11.7 Å². The molecule has 0 aromatic carbocycles. The lowest BCUT2D eigenvalue weighted by Gasteiger charge is -2.34. The first-order valence-corrected chi connectivity index (χ1v) is 4.79. The lowest BCUT2D eigenvalue weighted by Crippen LogP contribution is -2.53. The number of nitrogens with two attached hydrogens (primary N) is 1. The van der Waals surface area contributed by atoms with Crippen LogP contribution in [0.5, 0.6) is 0 Å². The SMILES string of the molecule is CC(C)C(C(N)=O)N1CC[N]CC1. The molecule has 1 rings (SSSR count). The van der Waals surface area contributed by atoms with Crippen molar-refractivity contribution >= 4 is 5.91 Å². The lowest BCUT2D eigenvalue weighted by atomic mass is 10.0. The number of hydrogen-bond acceptors (Lipinski definition) is 2. The highest BCUT2D eigenvalue weighted by molar-refractivity contribution is 5.80. The van der Waals surface area contributed by atoms with Gasteiger partial charge < -0.3 is 5.73 Å². The van der Waals surface area contributed by atoms with E-state index < -0.39 is 0 Å². The van der Waals surface area contributed by atoms with E-state index in [9.17, 15) is 4.79 Å². The summed E-state index contributed by atoms with van der Waals surface area (Å²) in [6, 6.07) is -0.115. The van der Waals surface area contributed by atoms with Gasteiger partial charge in [-0.2, -0.15) is 0 Å². The van der Waals surface area contributed by atoms with Crippen LogP contribution in [0.15, 0.2) is 0 Å². The molecule has 13 heavy (non-hydrogen) atoms. The third kappa shape index (κ3) is 2.67. The first-order valence-electron chi connectivity index (χ1n) is 4.79.